The number of nitrogens with zero attached hydrogens (tertiary/aromatic N) is 5. The number of aryl methyl sites for hydroxylation is 2. The highest BCUT2D eigenvalue weighted by Crippen LogP contribution is 2.30. The zero-order valence-electron chi connectivity index (χ0n) is 19.9. The molecule has 0 spiro atoms. The molecule has 2 atom stereocenters. The number of halogens is 1. The number of aliphatic carboxylic acids is 1. The van der Waals surface area contributed by atoms with Crippen molar-refractivity contribution in [3.63, 3.8) is 0 Å². The highest BCUT2D eigenvalue weighted by molar-refractivity contribution is 5.70. The summed E-state index contributed by atoms with van der Waals surface area (Å²) in [5, 5.41) is 17.5. The number of aromatic nitrogens is 4. The first kappa shape index (κ1) is 25.4. The first-order valence-electron chi connectivity index (χ1n) is 11.5. The van der Waals surface area contributed by atoms with Crippen LogP contribution in [0.15, 0.2) is 12.1 Å². The van der Waals surface area contributed by atoms with Gasteiger partial charge in [-0.15, -0.1) is 5.10 Å². The van der Waals surface area contributed by atoms with Gasteiger partial charge in [0.05, 0.1) is 30.1 Å². The molecule has 2 heterocycles. The van der Waals surface area contributed by atoms with E-state index in [1.54, 1.807) is 26.2 Å². The molecule has 1 amide bonds. The fourth-order valence-electron chi connectivity index (χ4n) is 3.97. The normalized spacial score (nSPS) is 17.9. The number of carboxylic acids is 1. The average Bonchev–Trinajstić information content (AvgIpc) is 3.19. The van der Waals surface area contributed by atoms with Crippen LogP contribution in [0.5, 0.6) is 5.75 Å². The maximum absolute atomic E-state index is 12.3. The Morgan fingerprint density at radius 3 is 2.79 bits per heavy atom. The smallest absolute Gasteiger partial charge is 0.409 e. The average molecular weight is 478 g/mol. The molecule has 0 aliphatic heterocycles. The third-order valence-corrected chi connectivity index (χ3v) is 6.01. The predicted octanol–water partition coefficient (Wildman–Crippen LogP) is 3.53. The Morgan fingerprint density at radius 2 is 2.09 bits per heavy atom. The number of rotatable bonds is 10. The molecule has 10 nitrogen and oxygen atoms in total. The number of carbonyl (C=O) groups excluding carboxylic acids is 1. The van der Waals surface area contributed by atoms with E-state index >= 15 is 0 Å². The maximum atomic E-state index is 12.3. The molecule has 186 valence electrons. The molecule has 1 aliphatic rings. The van der Waals surface area contributed by atoms with Crippen LogP contribution in [0.3, 0.4) is 0 Å². The quantitative estimate of drug-likeness (QED) is 0.516. The Labute approximate surface area is 198 Å². The van der Waals surface area contributed by atoms with Crippen molar-refractivity contribution in [2.75, 3.05) is 20.3 Å². The van der Waals surface area contributed by atoms with Crippen molar-refractivity contribution in [2.24, 2.45) is 13.0 Å². The van der Waals surface area contributed by atoms with Crippen LogP contribution in [0.4, 0.5) is 9.18 Å². The Morgan fingerprint density at radius 1 is 1.29 bits per heavy atom. The summed E-state index contributed by atoms with van der Waals surface area (Å²) in [5.41, 5.74) is 2.29. The van der Waals surface area contributed by atoms with Gasteiger partial charge in [-0.05, 0) is 57.6 Å². The standard InChI is InChI=1S/C23H32FN5O5/c1-15-20(34-17-8-6-7-16(13-17)22(30)31)10-9-18(25-15)21-19(29(3)27-26-21)14-33-23(32)28(2)12-5-4-11-24/h9-10,16-17H,4-8,11-14H2,1-3H3,(H,30,31). The van der Waals surface area contributed by atoms with Gasteiger partial charge in [0.1, 0.15) is 23.7 Å². The molecule has 3 rings (SSSR count). The second-order valence-corrected chi connectivity index (χ2v) is 8.60. The minimum atomic E-state index is -0.777. The van der Waals surface area contributed by atoms with E-state index in [1.165, 1.54) is 9.58 Å². The summed E-state index contributed by atoms with van der Waals surface area (Å²) >= 11 is 0. The van der Waals surface area contributed by atoms with Gasteiger partial charge in [0.15, 0.2) is 0 Å². The van der Waals surface area contributed by atoms with Crippen molar-refractivity contribution in [2.45, 2.75) is 58.2 Å². The monoisotopic (exact) mass is 477 g/mol. The minimum absolute atomic E-state index is 0.0389. The number of hydrogen-bond donors (Lipinski definition) is 1. The SMILES string of the molecule is Cc1nc(-c2nnn(C)c2COC(=O)N(C)CCCCF)ccc1OC1CCCC(C(=O)O)C1. The second-order valence-electron chi connectivity index (χ2n) is 8.60. The van der Waals surface area contributed by atoms with Crippen LogP contribution in [-0.4, -0.2) is 68.4 Å². The Bertz CT molecular complexity index is 998. The summed E-state index contributed by atoms with van der Waals surface area (Å²) in [4.78, 5) is 29.6. The molecule has 0 aromatic carbocycles. The fourth-order valence-corrected chi connectivity index (χ4v) is 3.97. The second kappa shape index (κ2) is 11.8. The van der Waals surface area contributed by atoms with Crippen LogP contribution in [0, 0.1) is 12.8 Å². The topological polar surface area (TPSA) is 120 Å². The predicted molar refractivity (Wildman–Crippen MR) is 121 cm³/mol. The first-order valence-corrected chi connectivity index (χ1v) is 11.5. The number of carboxylic acid groups (broad SMARTS) is 1. The van der Waals surface area contributed by atoms with Gasteiger partial charge in [-0.25, -0.2) is 14.5 Å². The van der Waals surface area contributed by atoms with Gasteiger partial charge in [-0.3, -0.25) is 9.18 Å². The Hall–Kier alpha value is -3.24. The lowest BCUT2D eigenvalue weighted by atomic mass is 9.87. The van der Waals surface area contributed by atoms with E-state index in [0.29, 0.717) is 60.8 Å². The molecule has 11 heteroatoms. The summed E-state index contributed by atoms with van der Waals surface area (Å²) in [6.07, 6.45) is 3.10. The number of hydrogen-bond acceptors (Lipinski definition) is 7. The van der Waals surface area contributed by atoms with E-state index < -0.39 is 18.7 Å². The molecule has 1 fully saturated rings. The van der Waals surface area contributed by atoms with Gasteiger partial charge in [0.2, 0.25) is 0 Å². The van der Waals surface area contributed by atoms with Gasteiger partial charge in [-0.1, -0.05) is 5.21 Å². The molecule has 0 saturated heterocycles. The van der Waals surface area contributed by atoms with E-state index in [2.05, 4.69) is 15.3 Å². The van der Waals surface area contributed by atoms with Crippen molar-refractivity contribution in [3.8, 4) is 17.1 Å². The van der Waals surface area contributed by atoms with Crippen LogP contribution in [0.25, 0.3) is 11.4 Å². The van der Waals surface area contributed by atoms with Crippen LogP contribution >= 0.6 is 0 Å². The molecule has 34 heavy (non-hydrogen) atoms. The molecular weight excluding hydrogens is 445 g/mol. The van der Waals surface area contributed by atoms with E-state index in [1.807, 2.05) is 6.92 Å². The van der Waals surface area contributed by atoms with Crippen LogP contribution < -0.4 is 4.74 Å². The summed E-state index contributed by atoms with van der Waals surface area (Å²) in [7, 11) is 3.31. The largest absolute Gasteiger partial charge is 0.489 e. The molecule has 1 N–H and O–H groups in total. The van der Waals surface area contributed by atoms with Crippen molar-refractivity contribution in [1.82, 2.24) is 24.9 Å². The third kappa shape index (κ3) is 6.42. The molecule has 0 bridgehead atoms. The molecule has 2 unspecified atom stereocenters. The highest BCUT2D eigenvalue weighted by Gasteiger charge is 2.28. The number of unbranched alkanes of at least 4 members (excludes halogenated alkanes) is 1. The first-order chi connectivity index (χ1) is 16.3. The fraction of sp³-hybridized carbons (Fsp3) is 0.609. The molecule has 2 aromatic heterocycles. The lowest BCUT2D eigenvalue weighted by molar-refractivity contribution is -0.143. The molecule has 1 aliphatic carbocycles. The van der Waals surface area contributed by atoms with Crippen molar-refractivity contribution < 1.29 is 28.6 Å². The summed E-state index contributed by atoms with van der Waals surface area (Å²) in [6.45, 7) is 1.78. The summed E-state index contributed by atoms with van der Waals surface area (Å²) in [6, 6.07) is 3.56. The van der Waals surface area contributed by atoms with Gasteiger partial charge < -0.3 is 19.5 Å². The molecular formula is C23H32FN5O5. The van der Waals surface area contributed by atoms with Crippen molar-refractivity contribution in [1.29, 1.82) is 0 Å². The van der Waals surface area contributed by atoms with Crippen LogP contribution in [-0.2, 0) is 23.2 Å². The van der Waals surface area contributed by atoms with E-state index in [4.69, 9.17) is 9.47 Å². The van der Waals surface area contributed by atoms with Gasteiger partial charge >= 0.3 is 12.1 Å². The minimum Gasteiger partial charge on any atom is -0.489 e. The number of carbonyl (C=O) groups is 2. The lowest BCUT2D eigenvalue weighted by Gasteiger charge is -2.27. The molecule has 2 aromatic rings. The summed E-state index contributed by atoms with van der Waals surface area (Å²) < 4.78 is 25.3. The Kier molecular flexibility index (Phi) is 8.78. The van der Waals surface area contributed by atoms with Crippen LogP contribution in [0.1, 0.15) is 49.9 Å². The number of alkyl halides is 1. The van der Waals surface area contributed by atoms with Gasteiger partial charge in [-0.2, -0.15) is 0 Å². The van der Waals surface area contributed by atoms with E-state index in [0.717, 1.165) is 12.8 Å². The Balaban J connectivity index is 1.66. The van der Waals surface area contributed by atoms with E-state index in [9.17, 15) is 19.1 Å². The molecule has 0 radical (unpaired) electrons. The van der Waals surface area contributed by atoms with Crippen LogP contribution in [0.2, 0.25) is 0 Å². The van der Waals surface area contributed by atoms with Gasteiger partial charge in [0, 0.05) is 20.6 Å². The van der Waals surface area contributed by atoms with E-state index in [-0.39, 0.29) is 18.6 Å². The third-order valence-electron chi connectivity index (χ3n) is 6.01. The van der Waals surface area contributed by atoms with Crippen molar-refractivity contribution >= 4 is 12.1 Å². The van der Waals surface area contributed by atoms with Crippen molar-refractivity contribution in [3.05, 3.63) is 23.5 Å². The van der Waals surface area contributed by atoms with Gasteiger partial charge in [0.25, 0.3) is 0 Å². The number of pyridine rings is 1. The maximum Gasteiger partial charge on any atom is 0.409 e. The number of amides is 1. The summed E-state index contributed by atoms with van der Waals surface area (Å²) in [5.74, 6) is -0.550. The molecule has 1 saturated carbocycles. The highest BCUT2D eigenvalue weighted by atomic mass is 19.1. The zero-order chi connectivity index (χ0) is 24.7. The number of ether oxygens (including phenoxy) is 2. The lowest BCUT2D eigenvalue weighted by Crippen LogP contribution is -2.29. The zero-order valence-corrected chi connectivity index (χ0v) is 19.9.